The van der Waals surface area contributed by atoms with Crippen molar-refractivity contribution in [3.8, 4) is 5.75 Å². The molecule has 1 aromatic carbocycles. The summed E-state index contributed by atoms with van der Waals surface area (Å²) in [6.07, 6.45) is 4.14. The van der Waals surface area contributed by atoms with Gasteiger partial charge >= 0.3 is 5.97 Å². The van der Waals surface area contributed by atoms with Crippen molar-refractivity contribution in [2.24, 2.45) is 5.73 Å². The Labute approximate surface area is 189 Å². The molecule has 3 rings (SSSR count). The molecule has 5 N–H and O–H groups in total. The van der Waals surface area contributed by atoms with Crippen LogP contribution in [0.2, 0.25) is 0 Å². The molecule has 1 aromatic rings. The number of nitrogens with one attached hydrogen (secondary N) is 1. The second kappa shape index (κ2) is 10.8. The predicted octanol–water partition coefficient (Wildman–Crippen LogP) is 0.411. The maximum Gasteiger partial charge on any atom is 0.352 e. The van der Waals surface area contributed by atoms with Crippen LogP contribution < -0.4 is 11.1 Å². The van der Waals surface area contributed by atoms with Crippen LogP contribution in [0.4, 0.5) is 0 Å². The second-order valence-corrected chi connectivity index (χ2v) is 8.32. The van der Waals surface area contributed by atoms with Crippen molar-refractivity contribution in [2.45, 2.75) is 24.4 Å². The number of hydrogen-bond acceptors (Lipinski definition) is 7. The molecule has 2 aliphatic rings. The van der Waals surface area contributed by atoms with Gasteiger partial charge in [-0.1, -0.05) is 24.3 Å². The molecule has 0 radical (unpaired) electrons. The zero-order valence-corrected chi connectivity index (χ0v) is 18.7. The lowest BCUT2D eigenvalue weighted by molar-refractivity contribution is -0.150. The van der Waals surface area contributed by atoms with E-state index in [0.29, 0.717) is 16.9 Å². The molecular formula is C21H26N4O6S. The number of carboxylic acids is 1. The fourth-order valence-electron chi connectivity index (χ4n) is 3.05. The standard InChI is InChI=1S/C18H19N3O5S.C3H7NO/c1-2-3-10-8-27-17-13(16(24)21(17)14(10)18(25)26)20-15(23)12(19)9-4-6-11(22)7-5-9;1-4(2)3-5/h2-7,12-13,17,22H,8,19H2,1H3,(H,20,23)(H,25,26);3H,1-2H3/t12-,13-,17+;/m1./s1. The molecule has 0 bridgehead atoms. The number of carboxylic acid groups (broad SMARTS) is 1. The van der Waals surface area contributed by atoms with Crippen molar-refractivity contribution < 1.29 is 29.4 Å². The van der Waals surface area contributed by atoms with Gasteiger partial charge in [0.25, 0.3) is 5.91 Å². The summed E-state index contributed by atoms with van der Waals surface area (Å²) in [5.74, 6) is -1.71. The van der Waals surface area contributed by atoms with Crippen molar-refractivity contribution in [2.75, 3.05) is 19.8 Å². The van der Waals surface area contributed by atoms with Gasteiger partial charge in [-0.15, -0.1) is 11.8 Å². The molecule has 0 saturated carbocycles. The number of hydrogen-bond donors (Lipinski definition) is 4. The Morgan fingerprint density at radius 3 is 2.41 bits per heavy atom. The van der Waals surface area contributed by atoms with Crippen LogP contribution in [0.5, 0.6) is 5.75 Å². The SMILES string of the molecule is CC=CC1=C(C(=O)O)N2C(=O)[C@@H](NC(=O)[C@H](N)c3ccc(O)cc3)[C@@H]2SC1.CN(C)C=O. The summed E-state index contributed by atoms with van der Waals surface area (Å²) in [5.41, 5.74) is 6.93. The van der Waals surface area contributed by atoms with E-state index >= 15 is 0 Å². The van der Waals surface area contributed by atoms with E-state index in [2.05, 4.69) is 5.32 Å². The molecule has 1 saturated heterocycles. The van der Waals surface area contributed by atoms with E-state index in [-0.39, 0.29) is 11.4 Å². The number of nitrogens with two attached hydrogens (primary N) is 1. The third kappa shape index (κ3) is 5.48. The van der Waals surface area contributed by atoms with Crippen LogP contribution in [0, 0.1) is 0 Å². The van der Waals surface area contributed by atoms with Crippen molar-refractivity contribution in [1.29, 1.82) is 0 Å². The summed E-state index contributed by atoms with van der Waals surface area (Å²) in [5, 5.41) is 20.9. The number of rotatable bonds is 6. The van der Waals surface area contributed by atoms with Crippen molar-refractivity contribution in [1.82, 2.24) is 15.1 Å². The molecule has 11 heteroatoms. The largest absolute Gasteiger partial charge is 0.508 e. The molecule has 0 unspecified atom stereocenters. The molecule has 2 aliphatic heterocycles. The number of carbonyl (C=O) groups is 4. The zero-order chi connectivity index (χ0) is 24.0. The molecular weight excluding hydrogens is 436 g/mol. The van der Waals surface area contributed by atoms with E-state index in [1.807, 2.05) is 0 Å². The summed E-state index contributed by atoms with van der Waals surface area (Å²) < 4.78 is 0. The summed E-state index contributed by atoms with van der Waals surface area (Å²) in [4.78, 5) is 48.6. The summed E-state index contributed by atoms with van der Waals surface area (Å²) in [6.45, 7) is 1.77. The van der Waals surface area contributed by atoms with Crippen LogP contribution in [0.3, 0.4) is 0 Å². The minimum absolute atomic E-state index is 0.0461. The summed E-state index contributed by atoms with van der Waals surface area (Å²) in [6, 6.07) is 4.06. The van der Waals surface area contributed by atoms with Gasteiger partial charge in [0.05, 0.1) is 0 Å². The number of benzene rings is 1. The predicted molar refractivity (Wildman–Crippen MR) is 119 cm³/mol. The van der Waals surface area contributed by atoms with Gasteiger partial charge in [0.1, 0.15) is 28.9 Å². The third-order valence-corrected chi connectivity index (χ3v) is 5.91. The molecule has 3 amide bonds. The fraction of sp³-hybridized carbons (Fsp3) is 0.333. The number of nitrogens with zero attached hydrogens (tertiary/aromatic N) is 2. The van der Waals surface area contributed by atoms with Crippen LogP contribution >= 0.6 is 11.8 Å². The summed E-state index contributed by atoms with van der Waals surface area (Å²) in [7, 11) is 3.38. The molecule has 2 heterocycles. The number of carbonyl (C=O) groups excluding carboxylic acids is 3. The van der Waals surface area contributed by atoms with E-state index < -0.39 is 35.2 Å². The first-order chi connectivity index (χ1) is 15.1. The Balaban J connectivity index is 0.000000654. The topological polar surface area (TPSA) is 153 Å². The maximum atomic E-state index is 12.5. The first kappa shape index (κ1) is 25.0. The molecule has 0 aromatic heterocycles. The van der Waals surface area contributed by atoms with E-state index in [0.717, 1.165) is 6.41 Å². The van der Waals surface area contributed by atoms with Gasteiger partial charge in [0, 0.05) is 19.8 Å². The molecule has 10 nitrogen and oxygen atoms in total. The Morgan fingerprint density at radius 2 is 1.91 bits per heavy atom. The number of thioether (sulfide) groups is 1. The monoisotopic (exact) mass is 462 g/mol. The number of phenols is 1. The van der Waals surface area contributed by atoms with Crippen molar-refractivity contribution in [3.63, 3.8) is 0 Å². The number of allylic oxidation sites excluding steroid dienone is 2. The first-order valence-electron chi connectivity index (χ1n) is 9.62. The Hall–Kier alpha value is -3.31. The average Bonchev–Trinajstić information content (AvgIpc) is 2.77. The van der Waals surface area contributed by atoms with Crippen molar-refractivity contribution >= 4 is 36.0 Å². The fourth-order valence-corrected chi connectivity index (χ4v) is 4.37. The first-order valence-corrected chi connectivity index (χ1v) is 10.7. The Kier molecular flexibility index (Phi) is 8.44. The number of phenolic OH excluding ortho intramolecular Hbond substituents is 1. The van der Waals surface area contributed by atoms with Crippen LogP contribution in [0.1, 0.15) is 18.5 Å². The normalized spacial score (nSPS) is 20.5. The molecule has 32 heavy (non-hydrogen) atoms. The number of fused-ring (bicyclic) bond motifs is 1. The smallest absolute Gasteiger partial charge is 0.352 e. The lowest BCUT2D eigenvalue weighted by Gasteiger charge is -2.49. The van der Waals surface area contributed by atoms with Gasteiger partial charge in [0.15, 0.2) is 0 Å². The number of amides is 3. The van der Waals surface area contributed by atoms with Gasteiger partial charge in [-0.2, -0.15) is 0 Å². The summed E-state index contributed by atoms with van der Waals surface area (Å²) >= 11 is 1.39. The van der Waals surface area contributed by atoms with Crippen LogP contribution in [-0.4, -0.2) is 75.5 Å². The van der Waals surface area contributed by atoms with Gasteiger partial charge in [-0.3, -0.25) is 19.3 Å². The van der Waals surface area contributed by atoms with Crippen LogP contribution in [-0.2, 0) is 19.2 Å². The zero-order valence-electron chi connectivity index (χ0n) is 17.9. The number of aromatic hydroxyl groups is 1. The van der Waals surface area contributed by atoms with Gasteiger partial charge < -0.3 is 26.2 Å². The van der Waals surface area contributed by atoms with E-state index in [9.17, 15) is 29.4 Å². The van der Waals surface area contributed by atoms with Gasteiger partial charge in [-0.05, 0) is 30.2 Å². The maximum absolute atomic E-state index is 12.5. The van der Waals surface area contributed by atoms with Crippen molar-refractivity contribution in [3.05, 3.63) is 53.3 Å². The van der Waals surface area contributed by atoms with Gasteiger partial charge in [0.2, 0.25) is 12.3 Å². The third-order valence-electron chi connectivity index (χ3n) is 4.61. The lowest BCUT2D eigenvalue weighted by Crippen LogP contribution is -2.71. The molecule has 0 aliphatic carbocycles. The molecule has 0 spiro atoms. The number of β-lactam (4-membered cyclic amide) rings is 1. The molecule has 172 valence electrons. The Bertz CT molecular complexity index is 944. The highest BCUT2D eigenvalue weighted by atomic mass is 32.2. The highest BCUT2D eigenvalue weighted by Gasteiger charge is 2.54. The van der Waals surface area contributed by atoms with Crippen LogP contribution in [0.25, 0.3) is 0 Å². The highest BCUT2D eigenvalue weighted by Crippen LogP contribution is 2.40. The minimum atomic E-state index is -1.17. The Morgan fingerprint density at radius 1 is 1.31 bits per heavy atom. The highest BCUT2D eigenvalue weighted by molar-refractivity contribution is 8.00. The number of aliphatic carboxylic acids is 1. The molecule has 1 fully saturated rings. The quantitative estimate of drug-likeness (QED) is 0.350. The minimum Gasteiger partial charge on any atom is -0.508 e. The van der Waals surface area contributed by atoms with E-state index in [1.165, 1.54) is 45.8 Å². The van der Waals surface area contributed by atoms with E-state index in [1.54, 1.807) is 33.2 Å². The molecule has 3 atom stereocenters. The van der Waals surface area contributed by atoms with E-state index in [4.69, 9.17) is 5.73 Å². The second-order valence-electron chi connectivity index (χ2n) is 7.21. The average molecular weight is 463 g/mol. The van der Waals surface area contributed by atoms with Crippen LogP contribution in [0.15, 0.2) is 47.7 Å². The lowest BCUT2D eigenvalue weighted by atomic mass is 10.0. The van der Waals surface area contributed by atoms with Gasteiger partial charge in [-0.25, -0.2) is 4.79 Å².